The van der Waals surface area contributed by atoms with E-state index in [0.717, 1.165) is 26.5 Å². The number of rotatable bonds is 7. The molecule has 0 heterocycles. The van der Waals surface area contributed by atoms with Gasteiger partial charge in [-0.1, -0.05) is 13.8 Å². The van der Waals surface area contributed by atoms with Crippen LogP contribution in [0, 0.1) is 0 Å². The predicted octanol–water partition coefficient (Wildman–Crippen LogP) is -3.30. The minimum absolute atomic E-state index is 0.0818. The summed E-state index contributed by atoms with van der Waals surface area (Å²) in [6.45, 7) is 4.42. The average Bonchev–Trinajstić information content (AvgIpc) is 2.16. The summed E-state index contributed by atoms with van der Waals surface area (Å²) in [5, 5.41) is 0. The van der Waals surface area contributed by atoms with E-state index in [1.807, 2.05) is 0 Å². The fourth-order valence-corrected chi connectivity index (χ4v) is 9.70. The Morgan fingerprint density at radius 3 is 2.07 bits per heavy atom. The van der Waals surface area contributed by atoms with Crippen LogP contribution in [0.4, 0.5) is 0 Å². The topological polar surface area (TPSA) is 36.9 Å². The Balaban J connectivity index is 0. The van der Waals surface area contributed by atoms with Gasteiger partial charge in [-0.25, -0.2) is 0 Å². The fourth-order valence-electron chi connectivity index (χ4n) is 0.553. The van der Waals surface area contributed by atoms with Crippen LogP contribution >= 0.6 is 22.2 Å². The molecule has 0 N–H and O–H groups in total. The van der Waals surface area contributed by atoms with Gasteiger partial charge in [-0.3, -0.25) is 0 Å². The average molecular weight is 360 g/mol. The molecule has 1 atom stereocenters. The maximum atomic E-state index is 5.57. The lowest BCUT2D eigenvalue weighted by Gasteiger charge is -2.06. The fraction of sp³-hybridized carbons (Fsp3) is 1.00. The Morgan fingerprint density at radius 2 is 1.80 bits per heavy atom. The van der Waals surface area contributed by atoms with Crippen LogP contribution in [0.3, 0.4) is 0 Å². The molecule has 0 saturated carbocycles. The Morgan fingerprint density at radius 1 is 1.20 bits per heavy atom. The van der Waals surface area contributed by atoms with E-state index in [-0.39, 0.29) is 9.76 Å². The normalized spacial score (nSPS) is 15.0. The molecule has 0 aromatic heterocycles. The third-order valence-corrected chi connectivity index (χ3v) is 10.5. The van der Waals surface area contributed by atoms with E-state index < -0.39 is 27.7 Å². The van der Waals surface area contributed by atoms with Crippen molar-refractivity contribution in [2.45, 2.75) is 19.4 Å². The van der Waals surface area contributed by atoms with Gasteiger partial charge in [0.1, 0.15) is 30.7 Å². The van der Waals surface area contributed by atoms with Crippen LogP contribution in [0.15, 0.2) is 0 Å². The SMILES string of the molecule is CC(C)[SiH2]O[SiH3].[SiH3]O[SiH2]O[SiH](Cl)O[SiH2]Cl. The second-order valence-electron chi connectivity index (χ2n) is 2.97. The maximum absolute atomic E-state index is 5.57. The first-order valence-corrected chi connectivity index (χ1v) is 14.1. The van der Waals surface area contributed by atoms with Gasteiger partial charge in [-0.15, -0.1) is 22.2 Å². The molecule has 0 amide bonds. The third-order valence-electron chi connectivity index (χ3n) is 1.01. The van der Waals surface area contributed by atoms with Gasteiger partial charge in [-0.05, 0) is 5.54 Å². The smallest absolute Gasteiger partial charge is 0.407 e. The van der Waals surface area contributed by atoms with Crippen molar-refractivity contribution in [1.29, 1.82) is 0 Å². The van der Waals surface area contributed by atoms with E-state index >= 15 is 0 Å². The van der Waals surface area contributed by atoms with Crippen molar-refractivity contribution in [3.8, 4) is 0 Å². The lowest BCUT2D eigenvalue weighted by atomic mass is 10.6. The van der Waals surface area contributed by atoms with Crippen LogP contribution in [-0.4, -0.2) is 58.4 Å². The molecule has 0 aromatic carbocycles. The molecule has 0 aliphatic carbocycles. The highest BCUT2D eigenvalue weighted by Crippen LogP contribution is 1.94. The largest absolute Gasteiger partial charge is 0.468 e. The molecule has 0 fully saturated rings. The van der Waals surface area contributed by atoms with Crippen LogP contribution in [0.25, 0.3) is 0 Å². The van der Waals surface area contributed by atoms with Crippen molar-refractivity contribution in [3.05, 3.63) is 0 Å². The Kier molecular flexibility index (Phi) is 20.0. The second kappa shape index (κ2) is 15.7. The molecule has 0 aliphatic rings. The first kappa shape index (κ1) is 19.1. The number of hydrogen-bond acceptors (Lipinski definition) is 4. The molecular weight excluding hydrogens is 339 g/mol. The van der Waals surface area contributed by atoms with E-state index in [1.165, 1.54) is 0 Å². The molecule has 1 unspecified atom stereocenters. The van der Waals surface area contributed by atoms with Gasteiger partial charge < -0.3 is 16.5 Å². The summed E-state index contributed by atoms with van der Waals surface area (Å²) in [4.78, 5) is 0. The van der Waals surface area contributed by atoms with Crippen LogP contribution < -0.4 is 0 Å². The zero-order valence-corrected chi connectivity index (χ0v) is 20.6. The van der Waals surface area contributed by atoms with Gasteiger partial charge in [0.15, 0.2) is 0 Å². The van der Waals surface area contributed by atoms with E-state index in [1.54, 1.807) is 0 Å². The summed E-state index contributed by atoms with van der Waals surface area (Å²) in [6.07, 6.45) is 0. The molecule has 0 aromatic rings. The Labute approximate surface area is 116 Å². The van der Waals surface area contributed by atoms with E-state index in [0.29, 0.717) is 0 Å². The zero-order valence-electron chi connectivity index (χ0n) is 9.66. The monoisotopic (exact) mass is 358 g/mol. The molecular formula is C3H20Cl2O4Si6. The summed E-state index contributed by atoms with van der Waals surface area (Å²) in [5.74, 6) is 0. The van der Waals surface area contributed by atoms with Crippen molar-refractivity contribution in [2.75, 3.05) is 0 Å². The summed E-state index contributed by atoms with van der Waals surface area (Å²) in [6, 6.07) is 0. The van der Waals surface area contributed by atoms with Crippen LogP contribution in [-0.2, 0) is 16.5 Å². The third kappa shape index (κ3) is 21.5. The van der Waals surface area contributed by atoms with Gasteiger partial charge in [0, 0.05) is 0 Å². The highest BCUT2D eigenvalue weighted by Gasteiger charge is 2.05. The summed E-state index contributed by atoms with van der Waals surface area (Å²) < 4.78 is 19.9. The summed E-state index contributed by atoms with van der Waals surface area (Å²) in [7, 11) is -1.99. The van der Waals surface area contributed by atoms with Crippen molar-refractivity contribution in [3.63, 3.8) is 0 Å². The molecule has 0 bridgehead atoms. The highest BCUT2D eigenvalue weighted by atomic mass is 35.6. The molecule has 0 saturated heterocycles. The van der Waals surface area contributed by atoms with E-state index in [4.69, 9.17) is 38.6 Å². The van der Waals surface area contributed by atoms with Crippen molar-refractivity contribution < 1.29 is 16.5 Å². The Hall–Kier alpha value is 1.72. The van der Waals surface area contributed by atoms with Crippen molar-refractivity contribution >= 4 is 80.6 Å². The van der Waals surface area contributed by atoms with Crippen molar-refractivity contribution in [1.82, 2.24) is 0 Å². The van der Waals surface area contributed by atoms with E-state index in [9.17, 15) is 0 Å². The Bertz CT molecular complexity index is 123. The van der Waals surface area contributed by atoms with Crippen LogP contribution in [0.5, 0.6) is 0 Å². The molecule has 0 spiro atoms. The zero-order chi connectivity index (χ0) is 12.1. The van der Waals surface area contributed by atoms with E-state index in [2.05, 4.69) is 13.8 Å². The molecule has 0 rings (SSSR count). The van der Waals surface area contributed by atoms with Gasteiger partial charge in [0.05, 0.1) is 0 Å². The van der Waals surface area contributed by atoms with Gasteiger partial charge in [-0.2, -0.15) is 0 Å². The molecule has 4 nitrogen and oxygen atoms in total. The van der Waals surface area contributed by atoms with Gasteiger partial charge >= 0.3 is 8.59 Å². The minimum atomic E-state index is -1.86. The predicted molar refractivity (Wildman–Crippen MR) is 83.8 cm³/mol. The minimum Gasteiger partial charge on any atom is -0.468 e. The number of halogens is 2. The lowest BCUT2D eigenvalue weighted by Crippen LogP contribution is -2.20. The highest BCUT2D eigenvalue weighted by molar-refractivity contribution is 7.05. The van der Waals surface area contributed by atoms with Gasteiger partial charge in [0.2, 0.25) is 9.07 Å². The summed E-state index contributed by atoms with van der Waals surface area (Å²) in [5.41, 5.74) is 0.850. The molecule has 12 heteroatoms. The quantitative estimate of drug-likeness (QED) is 0.353. The number of hydrogen-bond donors (Lipinski definition) is 0. The van der Waals surface area contributed by atoms with Crippen LogP contribution in [0.1, 0.15) is 13.8 Å². The molecule has 94 valence electrons. The molecule has 0 radical (unpaired) electrons. The first-order chi connectivity index (χ1) is 7.08. The van der Waals surface area contributed by atoms with Crippen molar-refractivity contribution in [2.24, 2.45) is 0 Å². The van der Waals surface area contributed by atoms with Gasteiger partial charge in [0.25, 0.3) is 10.0 Å². The van der Waals surface area contributed by atoms with Crippen LogP contribution in [0.2, 0.25) is 5.54 Å². The summed E-state index contributed by atoms with van der Waals surface area (Å²) >= 11 is 10.9. The first-order valence-electron chi connectivity index (χ1n) is 4.49. The lowest BCUT2D eigenvalue weighted by molar-refractivity contribution is 0.433. The maximum Gasteiger partial charge on any atom is 0.407 e. The molecule has 0 aliphatic heterocycles. The molecule has 15 heavy (non-hydrogen) atoms. The second-order valence-corrected chi connectivity index (χ2v) is 15.0. The standard InChI is InChI=1S/C3H12OSi2.Cl2H8O3Si4/c1-3(2)6-4-5;1-7-4-9(2)5-8-3-6/h3H,6H2,1-2,5H3;9H,7-8H2,6H3.